The number of halogens is 1. The Kier molecular flexibility index (Phi) is 3.35. The Labute approximate surface area is 118 Å². The molecular formula is C17H18FNO. The third kappa shape index (κ3) is 2.13. The van der Waals surface area contributed by atoms with E-state index in [-0.39, 0.29) is 11.9 Å². The second-order valence-electron chi connectivity index (χ2n) is 5.20. The Morgan fingerprint density at radius 3 is 2.80 bits per heavy atom. The van der Waals surface area contributed by atoms with Gasteiger partial charge >= 0.3 is 0 Å². The third-order valence-electron chi connectivity index (χ3n) is 4.04. The van der Waals surface area contributed by atoms with Gasteiger partial charge in [-0.25, -0.2) is 4.39 Å². The average molecular weight is 271 g/mol. The number of hydrogen-bond acceptors (Lipinski definition) is 2. The van der Waals surface area contributed by atoms with Crippen molar-refractivity contribution in [1.29, 1.82) is 0 Å². The van der Waals surface area contributed by atoms with Crippen LogP contribution in [0.3, 0.4) is 0 Å². The first-order valence-electron chi connectivity index (χ1n) is 7.03. The van der Waals surface area contributed by atoms with E-state index in [0.29, 0.717) is 5.75 Å². The lowest BCUT2D eigenvalue weighted by Gasteiger charge is -2.30. The van der Waals surface area contributed by atoms with Gasteiger partial charge in [0.05, 0.1) is 6.04 Å². The molecule has 0 saturated carbocycles. The number of anilines is 1. The van der Waals surface area contributed by atoms with Crippen LogP contribution < -0.4 is 4.90 Å². The lowest BCUT2D eigenvalue weighted by molar-refractivity contribution is 0.456. The zero-order chi connectivity index (χ0) is 14.1. The molecule has 0 spiro atoms. The van der Waals surface area contributed by atoms with E-state index < -0.39 is 0 Å². The Bertz CT molecular complexity index is 626. The molecule has 0 aliphatic carbocycles. The van der Waals surface area contributed by atoms with E-state index in [4.69, 9.17) is 0 Å². The number of fused-ring (bicyclic) bond motifs is 1. The zero-order valence-electron chi connectivity index (χ0n) is 11.5. The molecule has 1 unspecified atom stereocenters. The highest BCUT2D eigenvalue weighted by Crippen LogP contribution is 2.39. The number of benzene rings is 2. The molecule has 0 bridgehead atoms. The first-order chi connectivity index (χ1) is 9.70. The molecule has 0 fully saturated rings. The van der Waals surface area contributed by atoms with Crippen LogP contribution in [0.5, 0.6) is 5.75 Å². The van der Waals surface area contributed by atoms with Gasteiger partial charge in [0, 0.05) is 17.8 Å². The predicted molar refractivity (Wildman–Crippen MR) is 78.6 cm³/mol. The smallest absolute Gasteiger partial charge is 0.125 e. The highest BCUT2D eigenvalue weighted by atomic mass is 19.1. The summed E-state index contributed by atoms with van der Waals surface area (Å²) in [6, 6.07) is 12.5. The highest BCUT2D eigenvalue weighted by Gasteiger charge is 2.27. The number of phenolic OH excluding ortho intramolecular Hbond substituents is 1. The highest BCUT2D eigenvalue weighted by molar-refractivity contribution is 5.60. The molecule has 1 aliphatic rings. The first kappa shape index (κ1) is 13.0. The van der Waals surface area contributed by atoms with Crippen molar-refractivity contribution in [2.75, 3.05) is 11.4 Å². The third-order valence-corrected chi connectivity index (χ3v) is 4.04. The summed E-state index contributed by atoms with van der Waals surface area (Å²) in [5, 5.41) is 10.1. The van der Waals surface area contributed by atoms with Gasteiger partial charge < -0.3 is 10.0 Å². The van der Waals surface area contributed by atoms with Crippen molar-refractivity contribution < 1.29 is 9.50 Å². The molecule has 0 amide bonds. The minimum atomic E-state index is -0.206. The number of para-hydroxylation sites is 1. The van der Waals surface area contributed by atoms with Crippen LogP contribution in [-0.4, -0.2) is 11.7 Å². The van der Waals surface area contributed by atoms with Crippen LogP contribution in [0.4, 0.5) is 10.1 Å². The standard InChI is InChI=1S/C17H18FNO/c1-2-15(14-5-3-4-6-17(14)20)19-10-9-12-7-8-13(18)11-16(12)19/h3-8,11,15,20H,2,9-10H2,1H3. The number of aromatic hydroxyl groups is 1. The molecule has 3 rings (SSSR count). The SMILES string of the molecule is CCC(c1ccccc1O)N1CCc2ccc(F)cc21. The van der Waals surface area contributed by atoms with Gasteiger partial charge in [0.1, 0.15) is 11.6 Å². The molecule has 1 N–H and O–H groups in total. The van der Waals surface area contributed by atoms with Gasteiger partial charge in [-0.3, -0.25) is 0 Å². The second kappa shape index (κ2) is 5.16. The molecule has 1 atom stereocenters. The normalized spacial score (nSPS) is 15.2. The lowest BCUT2D eigenvalue weighted by atomic mass is 10.0. The van der Waals surface area contributed by atoms with Crippen molar-refractivity contribution in [3.8, 4) is 5.75 Å². The van der Waals surface area contributed by atoms with Gasteiger partial charge in [0.2, 0.25) is 0 Å². The number of phenols is 1. The summed E-state index contributed by atoms with van der Waals surface area (Å²) in [6.45, 7) is 2.96. The molecule has 1 aliphatic heterocycles. The van der Waals surface area contributed by atoms with Crippen LogP contribution in [0.1, 0.15) is 30.5 Å². The lowest BCUT2D eigenvalue weighted by Crippen LogP contribution is -2.26. The number of hydrogen-bond donors (Lipinski definition) is 1. The molecule has 2 aromatic carbocycles. The van der Waals surface area contributed by atoms with Crippen LogP contribution in [0.25, 0.3) is 0 Å². The van der Waals surface area contributed by atoms with Gasteiger partial charge in [0.15, 0.2) is 0 Å². The first-order valence-corrected chi connectivity index (χ1v) is 7.03. The van der Waals surface area contributed by atoms with Crippen LogP contribution in [-0.2, 0) is 6.42 Å². The Morgan fingerprint density at radius 2 is 2.05 bits per heavy atom. The van der Waals surface area contributed by atoms with E-state index in [2.05, 4.69) is 11.8 Å². The fourth-order valence-electron chi connectivity index (χ4n) is 3.08. The minimum Gasteiger partial charge on any atom is -0.508 e. The van der Waals surface area contributed by atoms with Gasteiger partial charge in [-0.15, -0.1) is 0 Å². The monoisotopic (exact) mass is 271 g/mol. The summed E-state index contributed by atoms with van der Waals surface area (Å²) < 4.78 is 13.5. The van der Waals surface area contributed by atoms with E-state index >= 15 is 0 Å². The topological polar surface area (TPSA) is 23.5 Å². The van der Waals surface area contributed by atoms with Gasteiger partial charge in [-0.2, -0.15) is 0 Å². The summed E-state index contributed by atoms with van der Waals surface area (Å²) >= 11 is 0. The summed E-state index contributed by atoms with van der Waals surface area (Å²) in [4.78, 5) is 2.20. The minimum absolute atomic E-state index is 0.0826. The van der Waals surface area contributed by atoms with Gasteiger partial charge in [0.25, 0.3) is 0 Å². The predicted octanol–water partition coefficient (Wildman–Crippen LogP) is 4.05. The molecule has 1 heterocycles. The van der Waals surface area contributed by atoms with Gasteiger partial charge in [-0.1, -0.05) is 31.2 Å². The van der Waals surface area contributed by atoms with E-state index in [1.165, 1.54) is 11.6 Å². The van der Waals surface area contributed by atoms with Crippen LogP contribution in [0.15, 0.2) is 42.5 Å². The van der Waals surface area contributed by atoms with Crippen molar-refractivity contribution in [1.82, 2.24) is 0 Å². The average Bonchev–Trinajstić information content (AvgIpc) is 2.85. The van der Waals surface area contributed by atoms with Crippen molar-refractivity contribution in [2.45, 2.75) is 25.8 Å². The fourth-order valence-corrected chi connectivity index (χ4v) is 3.08. The molecule has 0 aromatic heterocycles. The Balaban J connectivity index is 2.01. The Hall–Kier alpha value is -2.03. The molecule has 2 aromatic rings. The maximum absolute atomic E-state index is 13.5. The van der Waals surface area contributed by atoms with Crippen molar-refractivity contribution in [3.63, 3.8) is 0 Å². The molecule has 2 nitrogen and oxygen atoms in total. The van der Waals surface area contributed by atoms with Crippen LogP contribution in [0, 0.1) is 5.82 Å². The number of rotatable bonds is 3. The summed E-state index contributed by atoms with van der Waals surface area (Å²) in [5.41, 5.74) is 3.05. The fraction of sp³-hybridized carbons (Fsp3) is 0.294. The quantitative estimate of drug-likeness (QED) is 0.910. The van der Waals surface area contributed by atoms with Gasteiger partial charge in [-0.05, 0) is 36.6 Å². The van der Waals surface area contributed by atoms with Crippen molar-refractivity contribution in [2.24, 2.45) is 0 Å². The van der Waals surface area contributed by atoms with Crippen LogP contribution in [0.2, 0.25) is 0 Å². The molecule has 3 heteroatoms. The molecule has 0 saturated heterocycles. The van der Waals surface area contributed by atoms with E-state index in [1.807, 2.05) is 24.3 Å². The number of nitrogens with zero attached hydrogens (tertiary/aromatic N) is 1. The Morgan fingerprint density at radius 1 is 1.25 bits per heavy atom. The van der Waals surface area contributed by atoms with Crippen molar-refractivity contribution >= 4 is 5.69 Å². The summed E-state index contributed by atoms with van der Waals surface area (Å²) in [6.07, 6.45) is 1.80. The maximum Gasteiger partial charge on any atom is 0.125 e. The molecule has 104 valence electrons. The summed E-state index contributed by atoms with van der Waals surface area (Å²) in [5.74, 6) is 0.104. The summed E-state index contributed by atoms with van der Waals surface area (Å²) in [7, 11) is 0. The molecule has 20 heavy (non-hydrogen) atoms. The van der Waals surface area contributed by atoms with E-state index in [1.54, 1.807) is 12.1 Å². The molecule has 0 radical (unpaired) electrons. The maximum atomic E-state index is 13.5. The second-order valence-corrected chi connectivity index (χ2v) is 5.20. The largest absolute Gasteiger partial charge is 0.508 e. The molecular weight excluding hydrogens is 253 g/mol. The van der Waals surface area contributed by atoms with Crippen molar-refractivity contribution in [3.05, 3.63) is 59.4 Å². The van der Waals surface area contributed by atoms with E-state index in [0.717, 1.165) is 30.6 Å². The zero-order valence-corrected chi connectivity index (χ0v) is 11.5. The van der Waals surface area contributed by atoms with E-state index in [9.17, 15) is 9.50 Å². The van der Waals surface area contributed by atoms with Crippen LogP contribution >= 0.6 is 0 Å².